The molecule has 1 amide bonds. The first kappa shape index (κ1) is 16.7. The normalized spacial score (nSPS) is 10.0. The van der Waals surface area contributed by atoms with Gasteiger partial charge in [0.2, 0.25) is 0 Å². The second-order valence-electron chi connectivity index (χ2n) is 4.83. The van der Waals surface area contributed by atoms with Crippen molar-refractivity contribution in [2.75, 3.05) is 20.8 Å². The summed E-state index contributed by atoms with van der Waals surface area (Å²) in [5.41, 5.74) is 1.53. The number of methoxy groups -OCH3 is 2. The monoisotopic (exact) mass is 315 g/mol. The smallest absolute Gasteiger partial charge is 0.251 e. The quantitative estimate of drug-likeness (QED) is 0.853. The first-order chi connectivity index (χ1) is 11.2. The second-order valence-corrected chi connectivity index (χ2v) is 4.83. The molecule has 0 unspecified atom stereocenters. The molecule has 2 aromatic carbocycles. The van der Waals surface area contributed by atoms with Crippen molar-refractivity contribution in [2.45, 2.75) is 13.5 Å². The van der Waals surface area contributed by atoms with Gasteiger partial charge in [-0.05, 0) is 42.8 Å². The van der Waals surface area contributed by atoms with E-state index in [1.54, 1.807) is 32.4 Å². The molecule has 0 saturated carbocycles. The van der Waals surface area contributed by atoms with Crippen LogP contribution in [0.25, 0.3) is 0 Å². The van der Waals surface area contributed by atoms with E-state index in [9.17, 15) is 4.79 Å². The van der Waals surface area contributed by atoms with Crippen molar-refractivity contribution in [3.05, 3.63) is 53.6 Å². The lowest BCUT2D eigenvalue weighted by Gasteiger charge is -2.11. The third kappa shape index (κ3) is 4.39. The molecule has 5 heteroatoms. The Balaban J connectivity index is 2.03. The zero-order chi connectivity index (χ0) is 16.7. The molecular weight excluding hydrogens is 294 g/mol. The van der Waals surface area contributed by atoms with Crippen molar-refractivity contribution in [2.24, 2.45) is 0 Å². The SMILES string of the molecule is CCOc1cc(C(=O)NCc2ccc(OC)cc2)ccc1OC. The molecule has 2 aromatic rings. The third-order valence-corrected chi connectivity index (χ3v) is 3.34. The lowest BCUT2D eigenvalue weighted by Crippen LogP contribution is -2.22. The van der Waals surface area contributed by atoms with E-state index in [1.807, 2.05) is 31.2 Å². The first-order valence-electron chi connectivity index (χ1n) is 7.40. The van der Waals surface area contributed by atoms with E-state index in [4.69, 9.17) is 14.2 Å². The standard InChI is InChI=1S/C18H21NO4/c1-4-23-17-11-14(7-10-16(17)22-3)18(20)19-12-13-5-8-15(21-2)9-6-13/h5-11H,4,12H2,1-3H3,(H,19,20). The maximum absolute atomic E-state index is 12.3. The lowest BCUT2D eigenvalue weighted by atomic mass is 10.1. The Morgan fingerprint density at radius 2 is 1.74 bits per heavy atom. The van der Waals surface area contributed by atoms with E-state index in [1.165, 1.54) is 0 Å². The van der Waals surface area contributed by atoms with Crippen LogP contribution in [0.1, 0.15) is 22.8 Å². The summed E-state index contributed by atoms with van der Waals surface area (Å²) in [5.74, 6) is 1.80. The predicted molar refractivity (Wildman–Crippen MR) is 88.3 cm³/mol. The topological polar surface area (TPSA) is 56.8 Å². The van der Waals surface area contributed by atoms with Crippen molar-refractivity contribution in [3.8, 4) is 17.2 Å². The van der Waals surface area contributed by atoms with E-state index in [0.717, 1.165) is 11.3 Å². The highest BCUT2D eigenvalue weighted by Gasteiger charge is 2.11. The lowest BCUT2D eigenvalue weighted by molar-refractivity contribution is 0.0950. The highest BCUT2D eigenvalue weighted by molar-refractivity contribution is 5.94. The molecule has 5 nitrogen and oxygen atoms in total. The van der Waals surface area contributed by atoms with E-state index in [-0.39, 0.29) is 5.91 Å². The molecule has 1 N–H and O–H groups in total. The van der Waals surface area contributed by atoms with Gasteiger partial charge in [-0.15, -0.1) is 0 Å². The molecule has 0 aliphatic heterocycles. The minimum atomic E-state index is -0.163. The molecule has 0 aliphatic carbocycles. The minimum absolute atomic E-state index is 0.163. The average molecular weight is 315 g/mol. The summed E-state index contributed by atoms with van der Waals surface area (Å²) in [7, 11) is 3.19. The Morgan fingerprint density at radius 1 is 1.00 bits per heavy atom. The number of ether oxygens (including phenoxy) is 3. The number of hydrogen-bond donors (Lipinski definition) is 1. The number of carbonyl (C=O) groups excluding carboxylic acids is 1. The van der Waals surface area contributed by atoms with Gasteiger partial charge >= 0.3 is 0 Å². The van der Waals surface area contributed by atoms with E-state index in [0.29, 0.717) is 30.2 Å². The second kappa shape index (κ2) is 8.08. The van der Waals surface area contributed by atoms with Crippen LogP contribution < -0.4 is 19.5 Å². The van der Waals surface area contributed by atoms with Gasteiger partial charge in [0.1, 0.15) is 5.75 Å². The van der Waals surface area contributed by atoms with E-state index >= 15 is 0 Å². The largest absolute Gasteiger partial charge is 0.497 e. The van der Waals surface area contributed by atoms with E-state index < -0.39 is 0 Å². The van der Waals surface area contributed by atoms with Crippen molar-refractivity contribution in [1.29, 1.82) is 0 Å². The summed E-state index contributed by atoms with van der Waals surface area (Å²) in [5, 5.41) is 2.88. The predicted octanol–water partition coefficient (Wildman–Crippen LogP) is 3.03. The van der Waals surface area contributed by atoms with Crippen LogP contribution in [0.3, 0.4) is 0 Å². The molecule has 0 saturated heterocycles. The van der Waals surface area contributed by atoms with Gasteiger partial charge in [0, 0.05) is 12.1 Å². The molecule has 0 atom stereocenters. The molecule has 0 fully saturated rings. The van der Waals surface area contributed by atoms with Crippen LogP contribution >= 0.6 is 0 Å². The fourth-order valence-electron chi connectivity index (χ4n) is 2.11. The summed E-state index contributed by atoms with van der Waals surface area (Å²) in [6.07, 6.45) is 0. The maximum atomic E-state index is 12.3. The number of benzene rings is 2. The highest BCUT2D eigenvalue weighted by Crippen LogP contribution is 2.28. The van der Waals surface area contributed by atoms with E-state index in [2.05, 4.69) is 5.32 Å². The van der Waals surface area contributed by atoms with Gasteiger partial charge in [-0.2, -0.15) is 0 Å². The number of amides is 1. The van der Waals surface area contributed by atoms with Crippen LogP contribution in [-0.2, 0) is 6.54 Å². The molecule has 0 radical (unpaired) electrons. The molecule has 122 valence electrons. The maximum Gasteiger partial charge on any atom is 0.251 e. The summed E-state index contributed by atoms with van der Waals surface area (Å²) >= 11 is 0. The van der Waals surface area contributed by atoms with Gasteiger partial charge in [0.25, 0.3) is 5.91 Å². The van der Waals surface area contributed by atoms with Crippen LogP contribution in [0.5, 0.6) is 17.2 Å². The Morgan fingerprint density at radius 3 is 2.35 bits per heavy atom. The molecule has 0 aromatic heterocycles. The number of carbonyl (C=O) groups is 1. The van der Waals surface area contributed by atoms with Crippen LogP contribution in [0, 0.1) is 0 Å². The van der Waals surface area contributed by atoms with Crippen LogP contribution in [0.2, 0.25) is 0 Å². The summed E-state index contributed by atoms with van der Waals surface area (Å²) in [6.45, 7) is 2.84. The van der Waals surface area contributed by atoms with Crippen molar-refractivity contribution >= 4 is 5.91 Å². The highest BCUT2D eigenvalue weighted by atomic mass is 16.5. The molecule has 0 spiro atoms. The summed E-state index contributed by atoms with van der Waals surface area (Å²) < 4.78 is 15.8. The average Bonchev–Trinajstić information content (AvgIpc) is 2.60. The van der Waals surface area contributed by atoms with Crippen LogP contribution in [0.15, 0.2) is 42.5 Å². The summed E-state index contributed by atoms with van der Waals surface area (Å²) in [6, 6.07) is 12.7. The van der Waals surface area contributed by atoms with Gasteiger partial charge in [-0.25, -0.2) is 0 Å². The zero-order valence-corrected chi connectivity index (χ0v) is 13.6. The number of nitrogens with one attached hydrogen (secondary N) is 1. The molecular formula is C18H21NO4. The van der Waals surface area contributed by atoms with Crippen LogP contribution in [0.4, 0.5) is 0 Å². The Bertz CT molecular complexity index is 653. The fraction of sp³-hybridized carbons (Fsp3) is 0.278. The van der Waals surface area contributed by atoms with Crippen molar-refractivity contribution < 1.29 is 19.0 Å². The van der Waals surface area contributed by atoms with Gasteiger partial charge in [0.15, 0.2) is 11.5 Å². The van der Waals surface area contributed by atoms with Crippen molar-refractivity contribution in [3.63, 3.8) is 0 Å². The zero-order valence-electron chi connectivity index (χ0n) is 13.6. The van der Waals surface area contributed by atoms with Gasteiger partial charge in [-0.3, -0.25) is 4.79 Å². The minimum Gasteiger partial charge on any atom is -0.497 e. The summed E-state index contributed by atoms with van der Waals surface area (Å²) in [4.78, 5) is 12.3. The number of hydrogen-bond acceptors (Lipinski definition) is 4. The van der Waals surface area contributed by atoms with Gasteiger partial charge in [-0.1, -0.05) is 12.1 Å². The fourth-order valence-corrected chi connectivity index (χ4v) is 2.11. The van der Waals surface area contributed by atoms with Crippen LogP contribution in [-0.4, -0.2) is 26.7 Å². The Labute approximate surface area is 136 Å². The molecule has 0 aliphatic rings. The molecule has 23 heavy (non-hydrogen) atoms. The molecule has 2 rings (SSSR count). The van der Waals surface area contributed by atoms with Gasteiger partial charge < -0.3 is 19.5 Å². The first-order valence-corrected chi connectivity index (χ1v) is 7.40. The third-order valence-electron chi connectivity index (χ3n) is 3.34. The van der Waals surface area contributed by atoms with Crippen molar-refractivity contribution in [1.82, 2.24) is 5.32 Å². The number of rotatable bonds is 7. The molecule has 0 heterocycles. The van der Waals surface area contributed by atoms with Gasteiger partial charge in [0.05, 0.1) is 20.8 Å². The Kier molecular flexibility index (Phi) is 5.86. The Hall–Kier alpha value is -2.69. The molecule has 0 bridgehead atoms.